The Morgan fingerprint density at radius 2 is 1.00 bits per heavy atom. The molecule has 0 aliphatic heterocycles. The number of ether oxygens (including phenoxy) is 1. The summed E-state index contributed by atoms with van der Waals surface area (Å²) in [7, 11) is 0. The Morgan fingerprint density at radius 1 is 0.759 bits per heavy atom. The topological polar surface area (TPSA) is 66.8 Å². The van der Waals surface area contributed by atoms with Gasteiger partial charge in [-0.1, -0.05) is 6.58 Å². The first-order valence-electron chi connectivity index (χ1n) is 6.99. The van der Waals surface area contributed by atoms with E-state index >= 15 is 0 Å². The van der Waals surface area contributed by atoms with Gasteiger partial charge in [0, 0.05) is 18.4 Å². The van der Waals surface area contributed by atoms with Crippen LogP contribution in [0.1, 0.15) is 19.8 Å². The highest BCUT2D eigenvalue weighted by atomic mass is 19.4. The number of halogens is 12. The minimum absolute atomic E-state index is 0.721. The van der Waals surface area contributed by atoms with E-state index in [1.165, 1.54) is 0 Å². The summed E-state index contributed by atoms with van der Waals surface area (Å²) in [6, 6.07) is 0. The Kier molecular flexibility index (Phi) is 7.38. The number of alkyl halides is 12. The molecule has 0 bridgehead atoms. The molecule has 0 rings (SSSR count). The van der Waals surface area contributed by atoms with Crippen molar-refractivity contribution in [1.29, 1.82) is 0 Å². The van der Waals surface area contributed by atoms with E-state index < -0.39 is 66.4 Å². The van der Waals surface area contributed by atoms with Gasteiger partial charge in [0.15, 0.2) is 0 Å². The molecule has 0 amide bonds. The van der Waals surface area contributed by atoms with Crippen molar-refractivity contribution in [3.8, 4) is 0 Å². The smallest absolute Gasteiger partial charge is 0.426 e. The molecule has 0 unspecified atom stereocenters. The van der Waals surface area contributed by atoms with Crippen molar-refractivity contribution >= 4 is 5.97 Å². The van der Waals surface area contributed by atoms with E-state index in [2.05, 4.69) is 11.3 Å². The molecule has 0 saturated carbocycles. The minimum Gasteiger partial charge on any atom is -0.459 e. The molecule has 0 aliphatic rings. The third-order valence-corrected chi connectivity index (χ3v) is 3.54. The number of esters is 1. The first-order chi connectivity index (χ1) is 12.4. The van der Waals surface area contributed by atoms with Crippen LogP contribution in [0.4, 0.5) is 52.7 Å². The molecular formula is C13H12F12O4. The highest BCUT2D eigenvalue weighted by Gasteiger charge is 2.74. The van der Waals surface area contributed by atoms with E-state index in [1.54, 1.807) is 0 Å². The first-order valence-corrected chi connectivity index (χ1v) is 6.99. The summed E-state index contributed by atoms with van der Waals surface area (Å²) in [5.74, 6) is -1.96. The normalized spacial score (nSPS) is 14.9. The zero-order valence-corrected chi connectivity index (χ0v) is 13.9. The van der Waals surface area contributed by atoms with Gasteiger partial charge in [0.25, 0.3) is 11.2 Å². The molecule has 0 spiro atoms. The maximum atomic E-state index is 12.7. The van der Waals surface area contributed by atoms with Crippen molar-refractivity contribution in [2.45, 2.75) is 61.8 Å². The van der Waals surface area contributed by atoms with Crippen molar-refractivity contribution in [2.24, 2.45) is 0 Å². The average molecular weight is 460 g/mol. The van der Waals surface area contributed by atoms with Crippen LogP contribution >= 0.6 is 0 Å². The SMILES string of the molecule is C=C(C)C(=O)OC(CC(O)(C(F)(F)F)C(F)(F)F)CC(O)(C(F)(F)F)C(F)(F)F. The monoisotopic (exact) mass is 460 g/mol. The summed E-state index contributed by atoms with van der Waals surface area (Å²) in [5, 5.41) is 18.0. The summed E-state index contributed by atoms with van der Waals surface area (Å²) < 4.78 is 156. The molecule has 0 atom stereocenters. The molecule has 0 aromatic carbocycles. The van der Waals surface area contributed by atoms with Crippen LogP contribution in [-0.2, 0) is 9.53 Å². The fourth-order valence-electron chi connectivity index (χ4n) is 1.85. The van der Waals surface area contributed by atoms with Crippen molar-refractivity contribution in [2.75, 3.05) is 0 Å². The van der Waals surface area contributed by atoms with Gasteiger partial charge in [0.2, 0.25) is 0 Å². The Hall–Kier alpha value is -1.71. The van der Waals surface area contributed by atoms with Crippen LogP contribution in [-0.4, -0.2) is 58.2 Å². The lowest BCUT2D eigenvalue weighted by atomic mass is 9.86. The van der Waals surface area contributed by atoms with Gasteiger partial charge in [0.1, 0.15) is 6.10 Å². The molecular weight excluding hydrogens is 448 g/mol. The van der Waals surface area contributed by atoms with Crippen LogP contribution in [0.3, 0.4) is 0 Å². The van der Waals surface area contributed by atoms with Gasteiger partial charge in [-0.25, -0.2) is 4.79 Å². The second kappa shape index (κ2) is 7.85. The number of hydrogen-bond donors (Lipinski definition) is 2. The van der Waals surface area contributed by atoms with Crippen LogP contribution in [0.25, 0.3) is 0 Å². The highest BCUT2D eigenvalue weighted by molar-refractivity contribution is 5.87. The maximum absolute atomic E-state index is 12.7. The van der Waals surface area contributed by atoms with Crippen molar-refractivity contribution < 1.29 is 72.4 Å². The van der Waals surface area contributed by atoms with E-state index in [0.717, 1.165) is 6.92 Å². The Morgan fingerprint density at radius 3 is 1.17 bits per heavy atom. The van der Waals surface area contributed by atoms with Gasteiger partial charge in [-0.2, -0.15) is 52.7 Å². The van der Waals surface area contributed by atoms with E-state index in [4.69, 9.17) is 10.2 Å². The Bertz CT molecular complexity index is 545. The third kappa shape index (κ3) is 5.67. The second-order valence-corrected chi connectivity index (χ2v) is 5.93. The molecule has 16 heteroatoms. The number of carbonyl (C=O) groups is 1. The molecule has 0 fully saturated rings. The number of aliphatic hydroxyl groups is 2. The molecule has 29 heavy (non-hydrogen) atoms. The number of carbonyl (C=O) groups excluding carboxylic acids is 1. The minimum atomic E-state index is -6.65. The lowest BCUT2D eigenvalue weighted by Crippen LogP contribution is -2.62. The maximum Gasteiger partial charge on any atom is 0.426 e. The molecule has 4 nitrogen and oxygen atoms in total. The predicted molar refractivity (Wildman–Crippen MR) is 68.0 cm³/mol. The lowest BCUT2D eigenvalue weighted by molar-refractivity contribution is -0.386. The largest absolute Gasteiger partial charge is 0.459 e. The van der Waals surface area contributed by atoms with Gasteiger partial charge < -0.3 is 14.9 Å². The molecule has 172 valence electrons. The molecule has 0 saturated heterocycles. The quantitative estimate of drug-likeness (QED) is 0.358. The molecule has 2 N–H and O–H groups in total. The average Bonchev–Trinajstić information content (AvgIpc) is 2.41. The predicted octanol–water partition coefficient (Wildman–Crippen LogP) is 3.97. The molecule has 0 radical (unpaired) electrons. The molecule has 0 aromatic rings. The van der Waals surface area contributed by atoms with E-state index in [1.807, 2.05) is 0 Å². The van der Waals surface area contributed by atoms with Crippen LogP contribution in [0, 0.1) is 0 Å². The lowest BCUT2D eigenvalue weighted by Gasteiger charge is -2.38. The van der Waals surface area contributed by atoms with Crippen LogP contribution in [0.2, 0.25) is 0 Å². The van der Waals surface area contributed by atoms with Gasteiger partial charge in [-0.05, 0) is 6.92 Å². The summed E-state index contributed by atoms with van der Waals surface area (Å²) >= 11 is 0. The van der Waals surface area contributed by atoms with Crippen LogP contribution in [0.15, 0.2) is 12.2 Å². The Labute approximate surface area is 153 Å². The van der Waals surface area contributed by atoms with Crippen LogP contribution < -0.4 is 0 Å². The zero-order valence-electron chi connectivity index (χ0n) is 13.9. The van der Waals surface area contributed by atoms with E-state index in [9.17, 15) is 57.5 Å². The highest BCUT2D eigenvalue weighted by Crippen LogP contribution is 2.50. The van der Waals surface area contributed by atoms with E-state index in [-0.39, 0.29) is 0 Å². The number of hydrogen-bond acceptors (Lipinski definition) is 4. The fraction of sp³-hybridized carbons (Fsp3) is 0.769. The summed E-state index contributed by atoms with van der Waals surface area (Å²) in [5.41, 5.74) is -12.5. The zero-order chi connectivity index (χ0) is 23.9. The number of rotatable bonds is 6. The van der Waals surface area contributed by atoms with Crippen molar-refractivity contribution in [3.63, 3.8) is 0 Å². The van der Waals surface area contributed by atoms with Gasteiger partial charge in [-0.15, -0.1) is 0 Å². The summed E-state index contributed by atoms with van der Waals surface area (Å²) in [6.07, 6.45) is -36.2. The van der Waals surface area contributed by atoms with Gasteiger partial charge in [-0.3, -0.25) is 0 Å². The van der Waals surface area contributed by atoms with Gasteiger partial charge in [0.05, 0.1) is 0 Å². The van der Waals surface area contributed by atoms with Gasteiger partial charge >= 0.3 is 30.7 Å². The third-order valence-electron chi connectivity index (χ3n) is 3.54. The standard InChI is InChI=1S/C13H12F12O4/c1-5(2)7(26)29-6(3-8(27,10(14,15)16)11(17,18)19)4-9(28,12(20,21)22)13(23,24)25/h6,27-28H,1,3-4H2,2H3. The molecule has 0 aliphatic carbocycles. The summed E-state index contributed by atoms with van der Waals surface area (Å²) in [4.78, 5) is 11.3. The Balaban J connectivity index is 6.39. The molecule has 0 heterocycles. The van der Waals surface area contributed by atoms with E-state index in [0.29, 0.717) is 0 Å². The molecule has 0 aromatic heterocycles. The van der Waals surface area contributed by atoms with Crippen molar-refractivity contribution in [3.05, 3.63) is 12.2 Å². The fourth-order valence-corrected chi connectivity index (χ4v) is 1.85. The van der Waals surface area contributed by atoms with Crippen LogP contribution in [0.5, 0.6) is 0 Å². The first kappa shape index (κ1) is 27.3. The van der Waals surface area contributed by atoms with Crippen molar-refractivity contribution in [1.82, 2.24) is 0 Å². The summed E-state index contributed by atoms with van der Waals surface area (Å²) in [6.45, 7) is 3.53. The second-order valence-electron chi connectivity index (χ2n) is 5.93.